The van der Waals surface area contributed by atoms with Crippen molar-refractivity contribution in [2.75, 3.05) is 32.2 Å². The molecule has 5 heteroatoms. The lowest BCUT2D eigenvalue weighted by atomic mass is 10.1. The number of nitrogens with one attached hydrogen (secondary N) is 1. The molecule has 1 aromatic carbocycles. The summed E-state index contributed by atoms with van der Waals surface area (Å²) >= 11 is 0. The van der Waals surface area contributed by atoms with E-state index in [1.807, 2.05) is 32.0 Å². The average Bonchev–Trinajstić information content (AvgIpc) is 2.43. The molecule has 0 saturated heterocycles. The van der Waals surface area contributed by atoms with Gasteiger partial charge < -0.3 is 19.9 Å². The number of benzene rings is 1. The van der Waals surface area contributed by atoms with Gasteiger partial charge in [0.2, 0.25) is 0 Å². The molecule has 0 saturated carbocycles. The van der Waals surface area contributed by atoms with Crippen LogP contribution in [-0.2, 0) is 9.47 Å². The molecule has 2 N–H and O–H groups in total. The second-order valence-corrected chi connectivity index (χ2v) is 4.74. The molecule has 0 radical (unpaired) electrons. The number of aliphatic hydroxyl groups excluding tert-OH is 1. The van der Waals surface area contributed by atoms with E-state index in [0.29, 0.717) is 18.7 Å². The number of hydrogen-bond donors (Lipinski definition) is 2. The van der Waals surface area contributed by atoms with Crippen LogP contribution in [-0.4, -0.2) is 44.2 Å². The van der Waals surface area contributed by atoms with Gasteiger partial charge in [-0.25, -0.2) is 0 Å². The van der Waals surface area contributed by atoms with E-state index in [9.17, 15) is 5.11 Å². The van der Waals surface area contributed by atoms with E-state index in [2.05, 4.69) is 11.4 Å². The summed E-state index contributed by atoms with van der Waals surface area (Å²) in [6.45, 7) is 4.83. The van der Waals surface area contributed by atoms with E-state index in [1.165, 1.54) is 0 Å². The van der Waals surface area contributed by atoms with Crippen LogP contribution in [0.25, 0.3) is 0 Å². The number of nitrogens with zero attached hydrogens (tertiary/aromatic N) is 1. The molecule has 0 aromatic heterocycles. The maximum Gasteiger partial charge on any atom is 0.102 e. The number of aliphatic hydroxyl groups is 1. The third-order valence-electron chi connectivity index (χ3n) is 2.89. The molecule has 1 aromatic rings. The molecule has 0 aliphatic carbocycles. The SMILES string of the molecule is COCC(C)OCC(O)CNc1cccc(C)c1C#N. The van der Waals surface area contributed by atoms with Gasteiger partial charge in [-0.3, -0.25) is 0 Å². The molecule has 2 atom stereocenters. The Labute approximate surface area is 120 Å². The quantitative estimate of drug-likeness (QED) is 0.757. The van der Waals surface area contributed by atoms with Gasteiger partial charge in [-0.2, -0.15) is 5.26 Å². The van der Waals surface area contributed by atoms with E-state index in [1.54, 1.807) is 7.11 Å². The smallest absolute Gasteiger partial charge is 0.102 e. The molecule has 0 amide bonds. The van der Waals surface area contributed by atoms with E-state index in [0.717, 1.165) is 11.3 Å². The number of anilines is 1. The Kier molecular flexibility index (Phi) is 7.02. The Balaban J connectivity index is 2.44. The van der Waals surface area contributed by atoms with Crippen molar-refractivity contribution < 1.29 is 14.6 Å². The highest BCUT2D eigenvalue weighted by molar-refractivity contribution is 5.60. The summed E-state index contributed by atoms with van der Waals surface area (Å²) in [7, 11) is 1.61. The Morgan fingerprint density at radius 2 is 2.15 bits per heavy atom. The first kappa shape index (κ1) is 16.4. The number of rotatable bonds is 8. The first-order chi connectivity index (χ1) is 9.58. The Bertz CT molecular complexity index is 457. The average molecular weight is 278 g/mol. The van der Waals surface area contributed by atoms with Crippen molar-refractivity contribution >= 4 is 5.69 Å². The largest absolute Gasteiger partial charge is 0.389 e. The number of ether oxygens (including phenoxy) is 2. The molecule has 2 unspecified atom stereocenters. The van der Waals surface area contributed by atoms with Crippen LogP contribution in [0.4, 0.5) is 5.69 Å². The van der Waals surface area contributed by atoms with Gasteiger partial charge in [0.05, 0.1) is 36.7 Å². The topological polar surface area (TPSA) is 74.5 Å². The molecule has 0 aliphatic heterocycles. The number of aryl methyl sites for hydroxylation is 1. The third-order valence-corrected chi connectivity index (χ3v) is 2.89. The van der Waals surface area contributed by atoms with Crippen LogP contribution in [0, 0.1) is 18.3 Å². The fraction of sp³-hybridized carbons (Fsp3) is 0.533. The zero-order valence-corrected chi connectivity index (χ0v) is 12.2. The first-order valence-electron chi connectivity index (χ1n) is 6.60. The molecular formula is C15H22N2O3. The summed E-state index contributed by atoms with van der Waals surface area (Å²) in [5.74, 6) is 0. The van der Waals surface area contributed by atoms with E-state index >= 15 is 0 Å². The van der Waals surface area contributed by atoms with Crippen LogP contribution in [0.2, 0.25) is 0 Å². The maximum absolute atomic E-state index is 9.85. The number of methoxy groups -OCH3 is 1. The molecular weight excluding hydrogens is 256 g/mol. The van der Waals surface area contributed by atoms with E-state index in [4.69, 9.17) is 14.7 Å². The summed E-state index contributed by atoms with van der Waals surface area (Å²) < 4.78 is 10.4. The van der Waals surface area contributed by atoms with Crippen LogP contribution in [0.1, 0.15) is 18.1 Å². The second kappa shape index (κ2) is 8.54. The zero-order chi connectivity index (χ0) is 15.0. The third kappa shape index (κ3) is 5.17. The summed E-state index contributed by atoms with van der Waals surface area (Å²) in [5, 5.41) is 22.0. The van der Waals surface area contributed by atoms with Gasteiger partial charge in [-0.1, -0.05) is 12.1 Å². The van der Waals surface area contributed by atoms with Crippen molar-refractivity contribution in [2.45, 2.75) is 26.1 Å². The lowest BCUT2D eigenvalue weighted by Gasteiger charge is -2.17. The molecule has 110 valence electrons. The highest BCUT2D eigenvalue weighted by Crippen LogP contribution is 2.18. The van der Waals surface area contributed by atoms with Gasteiger partial charge >= 0.3 is 0 Å². The van der Waals surface area contributed by atoms with Gasteiger partial charge in [0.1, 0.15) is 6.07 Å². The fourth-order valence-corrected chi connectivity index (χ4v) is 1.81. The molecule has 0 bridgehead atoms. The predicted octanol–water partition coefficient (Wildman–Crippen LogP) is 1.69. The normalized spacial score (nSPS) is 13.6. The first-order valence-corrected chi connectivity index (χ1v) is 6.60. The van der Waals surface area contributed by atoms with Crippen molar-refractivity contribution in [3.05, 3.63) is 29.3 Å². The van der Waals surface area contributed by atoms with Gasteiger partial charge in [-0.05, 0) is 25.5 Å². The minimum atomic E-state index is -0.638. The maximum atomic E-state index is 9.85. The summed E-state index contributed by atoms with van der Waals surface area (Å²) in [6, 6.07) is 7.75. The van der Waals surface area contributed by atoms with Crippen molar-refractivity contribution in [2.24, 2.45) is 0 Å². The molecule has 1 rings (SSSR count). The Morgan fingerprint density at radius 3 is 2.80 bits per heavy atom. The molecule has 20 heavy (non-hydrogen) atoms. The van der Waals surface area contributed by atoms with Crippen LogP contribution < -0.4 is 5.32 Å². The highest BCUT2D eigenvalue weighted by atomic mass is 16.5. The second-order valence-electron chi connectivity index (χ2n) is 4.74. The monoisotopic (exact) mass is 278 g/mol. The Hall–Kier alpha value is -1.61. The van der Waals surface area contributed by atoms with Crippen molar-refractivity contribution in [3.63, 3.8) is 0 Å². The summed E-state index contributed by atoms with van der Waals surface area (Å²) in [5.41, 5.74) is 2.25. The van der Waals surface area contributed by atoms with Crippen LogP contribution in [0.3, 0.4) is 0 Å². The zero-order valence-electron chi connectivity index (χ0n) is 12.2. The van der Waals surface area contributed by atoms with Gasteiger partial charge in [-0.15, -0.1) is 0 Å². The Morgan fingerprint density at radius 1 is 1.40 bits per heavy atom. The lowest BCUT2D eigenvalue weighted by Crippen LogP contribution is -2.28. The number of nitriles is 1. The fourth-order valence-electron chi connectivity index (χ4n) is 1.81. The number of hydrogen-bond acceptors (Lipinski definition) is 5. The van der Waals surface area contributed by atoms with Gasteiger partial charge in [0.25, 0.3) is 0 Å². The summed E-state index contributed by atoms with van der Waals surface area (Å²) in [6.07, 6.45) is -0.690. The van der Waals surface area contributed by atoms with Crippen LogP contribution in [0.5, 0.6) is 0 Å². The van der Waals surface area contributed by atoms with Gasteiger partial charge in [0, 0.05) is 13.7 Å². The standard InChI is InChI=1S/C15H22N2O3/c1-11-5-4-6-15(14(11)7-16)17-8-13(18)10-20-12(2)9-19-3/h4-6,12-13,17-18H,8-10H2,1-3H3. The van der Waals surface area contributed by atoms with E-state index < -0.39 is 6.10 Å². The van der Waals surface area contributed by atoms with E-state index in [-0.39, 0.29) is 12.7 Å². The molecule has 0 spiro atoms. The molecule has 0 aliphatic rings. The highest BCUT2D eigenvalue weighted by Gasteiger charge is 2.10. The van der Waals surface area contributed by atoms with Crippen LogP contribution in [0.15, 0.2) is 18.2 Å². The predicted molar refractivity (Wildman–Crippen MR) is 77.7 cm³/mol. The van der Waals surface area contributed by atoms with Crippen molar-refractivity contribution in [1.29, 1.82) is 5.26 Å². The lowest BCUT2D eigenvalue weighted by molar-refractivity contribution is -0.0282. The molecule has 5 nitrogen and oxygen atoms in total. The minimum absolute atomic E-state index is 0.0525. The molecule has 0 heterocycles. The summed E-state index contributed by atoms with van der Waals surface area (Å²) in [4.78, 5) is 0. The van der Waals surface area contributed by atoms with Gasteiger partial charge in [0.15, 0.2) is 0 Å². The van der Waals surface area contributed by atoms with Crippen LogP contribution >= 0.6 is 0 Å². The molecule has 0 fully saturated rings. The van der Waals surface area contributed by atoms with Crippen molar-refractivity contribution in [1.82, 2.24) is 0 Å². The minimum Gasteiger partial charge on any atom is -0.389 e. The van der Waals surface area contributed by atoms with Crippen molar-refractivity contribution in [3.8, 4) is 6.07 Å².